The first-order valence-corrected chi connectivity index (χ1v) is 7.66. The van der Waals surface area contributed by atoms with Crippen LogP contribution in [0.3, 0.4) is 0 Å². The molecule has 104 valence electrons. The van der Waals surface area contributed by atoms with Gasteiger partial charge in [0.25, 0.3) is 0 Å². The van der Waals surface area contributed by atoms with Crippen LogP contribution in [-0.2, 0) is 4.79 Å². The minimum absolute atomic E-state index is 0.605. The zero-order valence-electron chi connectivity index (χ0n) is 11.2. The highest BCUT2D eigenvalue weighted by atomic mass is 32.2. The Morgan fingerprint density at radius 2 is 2.10 bits per heavy atom. The van der Waals surface area contributed by atoms with Gasteiger partial charge < -0.3 is 9.84 Å². The minimum Gasteiger partial charge on any atom is -0.492 e. The highest BCUT2D eigenvalue weighted by molar-refractivity contribution is 7.98. The van der Waals surface area contributed by atoms with Crippen LogP contribution in [0.1, 0.15) is 5.56 Å². The van der Waals surface area contributed by atoms with E-state index in [-0.39, 0.29) is 0 Å². The van der Waals surface area contributed by atoms with Crippen LogP contribution in [0.2, 0.25) is 0 Å². The van der Waals surface area contributed by atoms with Crippen LogP contribution in [0.15, 0.2) is 42.5 Å². The average molecular weight is 288 g/mol. The Balaban J connectivity index is 2.44. The number of carboxylic acid groups (broad SMARTS) is 1. The largest absolute Gasteiger partial charge is 0.492 e. The van der Waals surface area contributed by atoms with E-state index in [1.54, 1.807) is 17.8 Å². The van der Waals surface area contributed by atoms with Crippen LogP contribution < -0.4 is 4.74 Å². The first-order valence-electron chi connectivity index (χ1n) is 6.27. The highest BCUT2D eigenvalue weighted by Gasteiger charge is 2.06. The number of aliphatic carboxylic acids is 1. The number of fused-ring (bicyclic) bond motifs is 1. The van der Waals surface area contributed by atoms with E-state index < -0.39 is 5.97 Å². The Hall–Kier alpha value is -1.94. The van der Waals surface area contributed by atoms with Crippen molar-refractivity contribution in [1.82, 2.24) is 0 Å². The van der Waals surface area contributed by atoms with E-state index in [0.717, 1.165) is 33.9 Å². The molecular formula is C16H16O3S. The molecule has 0 saturated carbocycles. The van der Waals surface area contributed by atoms with Crippen LogP contribution in [0.4, 0.5) is 0 Å². The Morgan fingerprint density at radius 1 is 1.30 bits per heavy atom. The summed E-state index contributed by atoms with van der Waals surface area (Å²) in [7, 11) is 0. The van der Waals surface area contributed by atoms with Gasteiger partial charge in [0.15, 0.2) is 0 Å². The van der Waals surface area contributed by atoms with E-state index in [1.807, 2.05) is 42.7 Å². The van der Waals surface area contributed by atoms with Crippen molar-refractivity contribution in [2.45, 2.75) is 0 Å². The summed E-state index contributed by atoms with van der Waals surface area (Å²) in [5.74, 6) is 0.651. The molecule has 0 aromatic heterocycles. The summed E-state index contributed by atoms with van der Waals surface area (Å²) in [6, 6.07) is 11.7. The van der Waals surface area contributed by atoms with Crippen molar-refractivity contribution in [2.24, 2.45) is 0 Å². The second kappa shape index (κ2) is 7.01. The second-order valence-corrected chi connectivity index (χ2v) is 5.20. The van der Waals surface area contributed by atoms with Gasteiger partial charge in [-0.2, -0.15) is 11.8 Å². The lowest BCUT2D eigenvalue weighted by Crippen LogP contribution is -2.01. The lowest BCUT2D eigenvalue weighted by Gasteiger charge is -2.11. The molecule has 0 bridgehead atoms. The Labute approximate surface area is 122 Å². The summed E-state index contributed by atoms with van der Waals surface area (Å²) in [5, 5.41) is 10.9. The quantitative estimate of drug-likeness (QED) is 0.650. The number of carbonyl (C=O) groups is 1. The molecule has 0 aliphatic rings. The molecule has 0 radical (unpaired) electrons. The normalized spacial score (nSPS) is 11.1. The van der Waals surface area contributed by atoms with Gasteiger partial charge in [-0.3, -0.25) is 0 Å². The monoisotopic (exact) mass is 288 g/mol. The van der Waals surface area contributed by atoms with Crippen molar-refractivity contribution in [3.63, 3.8) is 0 Å². The Morgan fingerprint density at radius 3 is 2.85 bits per heavy atom. The van der Waals surface area contributed by atoms with Crippen molar-refractivity contribution in [1.29, 1.82) is 0 Å². The van der Waals surface area contributed by atoms with E-state index in [0.29, 0.717) is 6.61 Å². The summed E-state index contributed by atoms with van der Waals surface area (Å²) in [6.07, 6.45) is 4.76. The molecule has 20 heavy (non-hydrogen) atoms. The predicted octanol–water partition coefficient (Wildman–Crippen LogP) is 3.68. The molecule has 0 atom stereocenters. The molecular weight excluding hydrogens is 272 g/mol. The number of thioether (sulfide) groups is 1. The molecule has 0 aliphatic heterocycles. The lowest BCUT2D eigenvalue weighted by molar-refractivity contribution is -0.131. The zero-order valence-corrected chi connectivity index (χ0v) is 12.0. The number of hydrogen-bond acceptors (Lipinski definition) is 3. The van der Waals surface area contributed by atoms with Gasteiger partial charge in [-0.1, -0.05) is 30.3 Å². The summed E-state index contributed by atoms with van der Waals surface area (Å²) in [5.41, 5.74) is 0.812. The number of ether oxygens (including phenoxy) is 1. The molecule has 0 spiro atoms. The molecule has 2 rings (SSSR count). The lowest BCUT2D eigenvalue weighted by atomic mass is 10.0. The number of rotatable bonds is 6. The topological polar surface area (TPSA) is 46.5 Å². The van der Waals surface area contributed by atoms with Crippen molar-refractivity contribution in [2.75, 3.05) is 18.6 Å². The van der Waals surface area contributed by atoms with Crippen molar-refractivity contribution < 1.29 is 14.6 Å². The molecule has 4 heteroatoms. The third-order valence-corrected chi connectivity index (χ3v) is 3.44. The molecule has 0 aliphatic carbocycles. The van der Waals surface area contributed by atoms with Crippen LogP contribution in [0, 0.1) is 0 Å². The van der Waals surface area contributed by atoms with Gasteiger partial charge in [0, 0.05) is 17.4 Å². The standard InChI is InChI=1S/C16H16O3S/c1-20-11-10-19-15-8-6-12-4-2-3-5-13(12)14(15)7-9-16(17)18/h2-9H,10-11H2,1H3,(H,17,18)/b9-7+. The van der Waals surface area contributed by atoms with Gasteiger partial charge in [-0.25, -0.2) is 4.79 Å². The maximum atomic E-state index is 10.7. The molecule has 1 N–H and O–H groups in total. The first-order chi connectivity index (χ1) is 9.72. The van der Waals surface area contributed by atoms with E-state index in [9.17, 15) is 4.79 Å². The predicted molar refractivity (Wildman–Crippen MR) is 84.5 cm³/mol. The number of hydrogen-bond donors (Lipinski definition) is 1. The maximum Gasteiger partial charge on any atom is 0.328 e. The van der Waals surface area contributed by atoms with Gasteiger partial charge in [0.1, 0.15) is 5.75 Å². The average Bonchev–Trinajstić information content (AvgIpc) is 2.45. The maximum absolute atomic E-state index is 10.7. The van der Waals surface area contributed by atoms with E-state index in [4.69, 9.17) is 9.84 Å². The first kappa shape index (κ1) is 14.5. The Kier molecular flexibility index (Phi) is 5.07. The molecule has 0 amide bonds. The van der Waals surface area contributed by atoms with Crippen LogP contribution in [-0.4, -0.2) is 29.7 Å². The summed E-state index contributed by atoms with van der Waals surface area (Å²) < 4.78 is 5.75. The van der Waals surface area contributed by atoms with Crippen LogP contribution in [0.25, 0.3) is 16.8 Å². The van der Waals surface area contributed by atoms with Gasteiger partial charge in [-0.05, 0) is 29.2 Å². The summed E-state index contributed by atoms with van der Waals surface area (Å²) >= 11 is 1.71. The van der Waals surface area contributed by atoms with E-state index in [2.05, 4.69) is 0 Å². The van der Waals surface area contributed by atoms with Crippen LogP contribution in [0.5, 0.6) is 5.75 Å². The van der Waals surface area contributed by atoms with Gasteiger partial charge in [0.05, 0.1) is 6.61 Å². The van der Waals surface area contributed by atoms with Crippen molar-refractivity contribution in [3.8, 4) is 5.75 Å². The van der Waals surface area contributed by atoms with Crippen molar-refractivity contribution >= 4 is 34.6 Å². The van der Waals surface area contributed by atoms with Gasteiger partial charge in [-0.15, -0.1) is 0 Å². The van der Waals surface area contributed by atoms with Gasteiger partial charge >= 0.3 is 5.97 Å². The fraction of sp³-hybridized carbons (Fsp3) is 0.188. The third kappa shape index (κ3) is 3.54. The number of carboxylic acids is 1. The molecule has 0 unspecified atom stereocenters. The third-order valence-electron chi connectivity index (χ3n) is 2.87. The highest BCUT2D eigenvalue weighted by Crippen LogP contribution is 2.29. The summed E-state index contributed by atoms with van der Waals surface area (Å²) in [6.45, 7) is 0.605. The number of benzene rings is 2. The SMILES string of the molecule is CSCCOc1ccc2ccccc2c1/C=C/C(=O)O. The molecule has 3 nitrogen and oxygen atoms in total. The smallest absolute Gasteiger partial charge is 0.328 e. The second-order valence-electron chi connectivity index (χ2n) is 4.21. The van der Waals surface area contributed by atoms with E-state index in [1.165, 1.54) is 0 Å². The molecule has 2 aromatic rings. The van der Waals surface area contributed by atoms with E-state index >= 15 is 0 Å². The molecule has 0 heterocycles. The van der Waals surface area contributed by atoms with Gasteiger partial charge in [0.2, 0.25) is 0 Å². The fourth-order valence-corrected chi connectivity index (χ4v) is 2.21. The summed E-state index contributed by atoms with van der Waals surface area (Å²) in [4.78, 5) is 10.7. The van der Waals surface area contributed by atoms with Crippen molar-refractivity contribution in [3.05, 3.63) is 48.0 Å². The Bertz CT molecular complexity index is 635. The minimum atomic E-state index is -0.965. The molecule has 2 aromatic carbocycles. The zero-order chi connectivity index (χ0) is 14.4. The van der Waals surface area contributed by atoms with Crippen LogP contribution >= 0.6 is 11.8 Å². The fourth-order valence-electron chi connectivity index (χ4n) is 1.96. The molecule has 0 saturated heterocycles. The molecule has 0 fully saturated rings.